The van der Waals surface area contributed by atoms with Crippen LogP contribution in [0.2, 0.25) is 0 Å². The van der Waals surface area contributed by atoms with Crippen LogP contribution in [-0.2, 0) is 9.53 Å². The molecule has 0 amide bonds. The highest BCUT2D eigenvalue weighted by Gasteiger charge is 1.92. The van der Waals surface area contributed by atoms with Crippen LogP contribution in [0.3, 0.4) is 0 Å². The van der Waals surface area contributed by atoms with E-state index in [4.69, 9.17) is 4.74 Å². The molecule has 0 aliphatic carbocycles. The van der Waals surface area contributed by atoms with Crippen molar-refractivity contribution in [3.05, 3.63) is 11.5 Å². The summed E-state index contributed by atoms with van der Waals surface area (Å²) in [4.78, 5) is 10.8. The Morgan fingerprint density at radius 3 is 2.82 bits per heavy atom. The Kier molecular flexibility index (Phi) is 7.36. The molecule has 2 nitrogen and oxygen atoms in total. The number of esters is 1. The molecule has 0 heterocycles. The molecule has 0 saturated carbocycles. The number of hydrogen-bond donors (Lipinski definition) is 0. The number of carbonyl (C=O) groups is 1. The smallest absolute Gasteiger partial charge is 0.331 e. The third-order valence-corrected chi connectivity index (χ3v) is 1.58. The molecule has 0 bridgehead atoms. The zero-order valence-electron chi connectivity index (χ0n) is 7.00. The van der Waals surface area contributed by atoms with Crippen LogP contribution in [0.4, 0.5) is 0 Å². The molecule has 0 aliphatic heterocycles. The summed E-state index contributed by atoms with van der Waals surface area (Å²) in [5.41, 5.74) is 0. The summed E-state index contributed by atoms with van der Waals surface area (Å²) in [6, 6.07) is 0. The van der Waals surface area contributed by atoms with E-state index in [0.29, 0.717) is 6.61 Å². The molecule has 3 heteroatoms. The van der Waals surface area contributed by atoms with Gasteiger partial charge in [0.1, 0.15) is 0 Å². The predicted molar refractivity (Wildman–Crippen MR) is 48.5 cm³/mol. The first-order valence-electron chi connectivity index (χ1n) is 3.76. The zero-order chi connectivity index (χ0) is 8.53. The average Bonchev–Trinajstić information content (AvgIpc) is 2.01. The molecular weight excluding hydrogens is 160 g/mol. The first kappa shape index (κ1) is 10.6. The molecule has 0 unspecified atom stereocenters. The maximum absolute atomic E-state index is 10.8. The molecule has 64 valence electrons. The fourth-order valence-corrected chi connectivity index (χ4v) is 0.850. The SMILES string of the molecule is CCCOC(=O)C=CSCC. The van der Waals surface area contributed by atoms with Crippen molar-refractivity contribution in [2.75, 3.05) is 12.4 Å². The van der Waals surface area contributed by atoms with Gasteiger partial charge >= 0.3 is 5.97 Å². The van der Waals surface area contributed by atoms with E-state index in [2.05, 4.69) is 0 Å². The van der Waals surface area contributed by atoms with Gasteiger partial charge < -0.3 is 4.74 Å². The summed E-state index contributed by atoms with van der Waals surface area (Å²) in [7, 11) is 0. The minimum atomic E-state index is -0.243. The van der Waals surface area contributed by atoms with E-state index in [0.717, 1.165) is 12.2 Å². The molecule has 0 spiro atoms. The quantitative estimate of drug-likeness (QED) is 0.472. The van der Waals surface area contributed by atoms with E-state index in [1.807, 2.05) is 13.8 Å². The first-order chi connectivity index (χ1) is 5.31. The fraction of sp³-hybridized carbons (Fsp3) is 0.625. The maximum atomic E-state index is 10.8. The summed E-state index contributed by atoms with van der Waals surface area (Å²) in [5.74, 6) is 0.741. The molecule has 0 radical (unpaired) electrons. The van der Waals surface area contributed by atoms with Gasteiger partial charge in [-0.3, -0.25) is 0 Å². The van der Waals surface area contributed by atoms with Crippen LogP contribution in [0.1, 0.15) is 20.3 Å². The highest BCUT2D eigenvalue weighted by molar-refractivity contribution is 8.02. The Hall–Kier alpha value is -0.440. The van der Waals surface area contributed by atoms with E-state index in [-0.39, 0.29) is 5.97 Å². The topological polar surface area (TPSA) is 26.3 Å². The van der Waals surface area contributed by atoms with Crippen molar-refractivity contribution in [1.82, 2.24) is 0 Å². The molecule has 0 rings (SSSR count). The lowest BCUT2D eigenvalue weighted by atomic mass is 10.5. The lowest BCUT2D eigenvalue weighted by molar-refractivity contribution is -0.137. The van der Waals surface area contributed by atoms with Crippen molar-refractivity contribution in [3.8, 4) is 0 Å². The molecule has 0 N–H and O–H groups in total. The average molecular weight is 174 g/mol. The maximum Gasteiger partial charge on any atom is 0.331 e. The second kappa shape index (κ2) is 7.66. The summed E-state index contributed by atoms with van der Waals surface area (Å²) in [6.07, 6.45) is 2.34. The Bertz CT molecular complexity index is 132. The van der Waals surface area contributed by atoms with Gasteiger partial charge in [0.25, 0.3) is 0 Å². The molecule has 0 saturated heterocycles. The number of ether oxygens (including phenoxy) is 1. The van der Waals surface area contributed by atoms with Gasteiger partial charge in [0, 0.05) is 6.08 Å². The van der Waals surface area contributed by atoms with Gasteiger partial charge in [-0.25, -0.2) is 4.79 Å². The second-order valence-electron chi connectivity index (χ2n) is 1.93. The Balaban J connectivity index is 3.35. The van der Waals surface area contributed by atoms with Gasteiger partial charge in [0.05, 0.1) is 6.61 Å². The molecule has 0 aromatic rings. The van der Waals surface area contributed by atoms with Crippen LogP contribution in [0.15, 0.2) is 11.5 Å². The van der Waals surface area contributed by atoms with Crippen LogP contribution in [-0.4, -0.2) is 18.3 Å². The standard InChI is InChI=1S/C8H14O2S/c1-3-6-10-8(9)5-7-11-4-2/h5,7H,3-4,6H2,1-2H3. The van der Waals surface area contributed by atoms with E-state index in [1.165, 1.54) is 6.08 Å². The summed E-state index contributed by atoms with van der Waals surface area (Å²) in [5, 5.41) is 1.76. The van der Waals surface area contributed by atoms with Crippen molar-refractivity contribution in [2.45, 2.75) is 20.3 Å². The van der Waals surface area contributed by atoms with Crippen LogP contribution in [0.25, 0.3) is 0 Å². The largest absolute Gasteiger partial charge is 0.463 e. The van der Waals surface area contributed by atoms with Gasteiger partial charge in [-0.1, -0.05) is 13.8 Å². The second-order valence-corrected chi connectivity index (χ2v) is 3.11. The van der Waals surface area contributed by atoms with Gasteiger partial charge in [0.2, 0.25) is 0 Å². The molecule has 11 heavy (non-hydrogen) atoms. The number of thioether (sulfide) groups is 1. The van der Waals surface area contributed by atoms with Crippen molar-refractivity contribution in [1.29, 1.82) is 0 Å². The van der Waals surface area contributed by atoms with Crippen molar-refractivity contribution in [2.24, 2.45) is 0 Å². The highest BCUT2D eigenvalue weighted by Crippen LogP contribution is 1.99. The molecule has 0 fully saturated rings. The van der Waals surface area contributed by atoms with Gasteiger partial charge in [-0.15, -0.1) is 11.8 Å². The Morgan fingerprint density at radius 2 is 2.27 bits per heavy atom. The lowest BCUT2D eigenvalue weighted by Gasteiger charge is -1.96. The fourth-order valence-electron chi connectivity index (χ4n) is 0.451. The first-order valence-corrected chi connectivity index (χ1v) is 4.81. The van der Waals surface area contributed by atoms with Crippen molar-refractivity contribution in [3.63, 3.8) is 0 Å². The Labute approximate surface area is 72.0 Å². The number of rotatable bonds is 5. The van der Waals surface area contributed by atoms with Crippen molar-refractivity contribution >= 4 is 17.7 Å². The highest BCUT2D eigenvalue weighted by atomic mass is 32.2. The van der Waals surface area contributed by atoms with Gasteiger partial charge in [0.15, 0.2) is 0 Å². The van der Waals surface area contributed by atoms with Crippen LogP contribution < -0.4 is 0 Å². The molecule has 0 aliphatic rings. The normalized spacial score (nSPS) is 10.4. The summed E-state index contributed by atoms with van der Waals surface area (Å²) < 4.78 is 4.80. The summed E-state index contributed by atoms with van der Waals surface area (Å²) >= 11 is 1.59. The molecule has 0 atom stereocenters. The van der Waals surface area contributed by atoms with Gasteiger partial charge in [-0.2, -0.15) is 0 Å². The minimum absolute atomic E-state index is 0.243. The minimum Gasteiger partial charge on any atom is -0.463 e. The lowest BCUT2D eigenvalue weighted by Crippen LogP contribution is -2.00. The Morgan fingerprint density at radius 1 is 1.55 bits per heavy atom. The van der Waals surface area contributed by atoms with Gasteiger partial charge in [-0.05, 0) is 17.6 Å². The third kappa shape index (κ3) is 7.46. The molecular formula is C8H14O2S. The third-order valence-electron chi connectivity index (χ3n) is 0.915. The van der Waals surface area contributed by atoms with E-state index < -0.39 is 0 Å². The van der Waals surface area contributed by atoms with Crippen LogP contribution in [0.5, 0.6) is 0 Å². The number of hydrogen-bond acceptors (Lipinski definition) is 3. The van der Waals surface area contributed by atoms with Crippen LogP contribution in [0, 0.1) is 0 Å². The van der Waals surface area contributed by atoms with E-state index >= 15 is 0 Å². The van der Waals surface area contributed by atoms with Crippen LogP contribution >= 0.6 is 11.8 Å². The zero-order valence-corrected chi connectivity index (χ0v) is 7.82. The monoisotopic (exact) mass is 174 g/mol. The van der Waals surface area contributed by atoms with Crippen molar-refractivity contribution < 1.29 is 9.53 Å². The van der Waals surface area contributed by atoms with E-state index in [9.17, 15) is 4.79 Å². The molecule has 0 aromatic carbocycles. The summed E-state index contributed by atoms with van der Waals surface area (Å²) in [6.45, 7) is 4.52. The number of carbonyl (C=O) groups excluding carboxylic acids is 1. The van der Waals surface area contributed by atoms with E-state index in [1.54, 1.807) is 17.2 Å². The predicted octanol–water partition coefficient (Wildman–Crippen LogP) is 2.21. The molecule has 0 aromatic heterocycles.